The molecule has 0 aliphatic rings. The SMILES string of the molecule is CCn1cnc2c(=O)[nH]c(=O)[nH]c21.[KH]. The van der Waals surface area contributed by atoms with Crippen LogP contribution in [-0.4, -0.2) is 70.9 Å². The average molecular weight is 220 g/mol. The first-order valence-corrected chi connectivity index (χ1v) is 3.90. The molecular weight excluding hydrogens is 211 g/mol. The van der Waals surface area contributed by atoms with E-state index in [1.54, 1.807) is 4.57 Å². The van der Waals surface area contributed by atoms with Crippen LogP contribution in [0.15, 0.2) is 15.9 Å². The van der Waals surface area contributed by atoms with E-state index in [0.717, 1.165) is 0 Å². The second-order valence-corrected chi connectivity index (χ2v) is 2.64. The van der Waals surface area contributed by atoms with E-state index in [4.69, 9.17) is 0 Å². The maximum absolute atomic E-state index is 11.2. The molecule has 0 fully saturated rings. The van der Waals surface area contributed by atoms with Gasteiger partial charge in [0.15, 0.2) is 5.52 Å². The monoisotopic (exact) mass is 220 g/mol. The summed E-state index contributed by atoms with van der Waals surface area (Å²) in [7, 11) is 0. The van der Waals surface area contributed by atoms with E-state index in [0.29, 0.717) is 12.2 Å². The quantitative estimate of drug-likeness (QED) is 0.591. The molecule has 70 valence electrons. The molecular formula is C7H9KN4O2. The molecule has 0 aliphatic heterocycles. The van der Waals surface area contributed by atoms with Gasteiger partial charge in [0, 0.05) is 6.54 Å². The second-order valence-electron chi connectivity index (χ2n) is 2.64. The van der Waals surface area contributed by atoms with Gasteiger partial charge in [0.2, 0.25) is 0 Å². The van der Waals surface area contributed by atoms with Crippen LogP contribution < -0.4 is 11.2 Å². The van der Waals surface area contributed by atoms with Crippen LogP contribution in [0.4, 0.5) is 0 Å². The molecule has 0 spiro atoms. The Balaban J connectivity index is 0.000000980. The first kappa shape index (κ1) is 11.9. The van der Waals surface area contributed by atoms with Crippen molar-refractivity contribution < 1.29 is 0 Å². The van der Waals surface area contributed by atoms with Gasteiger partial charge in [-0.1, -0.05) is 0 Å². The van der Waals surface area contributed by atoms with Crippen molar-refractivity contribution in [3.8, 4) is 0 Å². The summed E-state index contributed by atoms with van der Waals surface area (Å²) in [5.41, 5.74) is -0.226. The number of nitrogens with zero attached hydrogens (tertiary/aromatic N) is 2. The predicted octanol–water partition coefficient (Wildman–Crippen LogP) is -1.22. The summed E-state index contributed by atoms with van der Waals surface area (Å²) in [4.78, 5) is 30.6. The van der Waals surface area contributed by atoms with Crippen LogP contribution in [0.3, 0.4) is 0 Å². The summed E-state index contributed by atoms with van der Waals surface area (Å²) in [5, 5.41) is 0. The maximum atomic E-state index is 11.2. The molecule has 6 nitrogen and oxygen atoms in total. The fourth-order valence-electron chi connectivity index (χ4n) is 1.22. The minimum absolute atomic E-state index is 0. The van der Waals surface area contributed by atoms with Gasteiger partial charge in [-0.25, -0.2) is 9.78 Å². The normalized spacial score (nSPS) is 10.1. The molecule has 2 aromatic heterocycles. The molecule has 2 aromatic rings. The van der Waals surface area contributed by atoms with Gasteiger partial charge in [0.05, 0.1) is 6.33 Å². The zero-order valence-electron chi connectivity index (χ0n) is 7.00. The minimum atomic E-state index is -0.507. The second kappa shape index (κ2) is 4.54. The van der Waals surface area contributed by atoms with E-state index < -0.39 is 11.2 Å². The summed E-state index contributed by atoms with van der Waals surface area (Å²) in [6.07, 6.45) is 1.52. The number of hydrogen-bond acceptors (Lipinski definition) is 3. The van der Waals surface area contributed by atoms with Crippen LogP contribution in [0, 0.1) is 0 Å². The fraction of sp³-hybridized carbons (Fsp3) is 0.286. The molecule has 0 atom stereocenters. The number of H-pyrrole nitrogens is 2. The number of fused-ring (bicyclic) bond motifs is 1. The van der Waals surface area contributed by atoms with Crippen molar-refractivity contribution in [1.82, 2.24) is 19.5 Å². The first-order chi connectivity index (χ1) is 6.22. The molecule has 7 heteroatoms. The molecule has 2 rings (SSSR count). The van der Waals surface area contributed by atoms with E-state index in [-0.39, 0.29) is 56.9 Å². The summed E-state index contributed by atoms with van der Waals surface area (Å²) >= 11 is 0. The number of aromatic amines is 2. The Morgan fingerprint density at radius 3 is 2.79 bits per heavy atom. The van der Waals surface area contributed by atoms with Crippen molar-refractivity contribution in [2.75, 3.05) is 0 Å². The topological polar surface area (TPSA) is 83.5 Å². The molecule has 0 aromatic carbocycles. The van der Waals surface area contributed by atoms with Crippen LogP contribution in [0.1, 0.15) is 6.92 Å². The molecule has 0 radical (unpaired) electrons. The fourth-order valence-corrected chi connectivity index (χ4v) is 1.22. The predicted molar refractivity (Wildman–Crippen MR) is 53.8 cm³/mol. The van der Waals surface area contributed by atoms with Crippen molar-refractivity contribution in [2.45, 2.75) is 13.5 Å². The Kier molecular flexibility index (Phi) is 3.84. The molecule has 0 aliphatic carbocycles. The summed E-state index contributed by atoms with van der Waals surface area (Å²) in [5.74, 6) is 0. The van der Waals surface area contributed by atoms with Gasteiger partial charge in [-0.05, 0) is 6.92 Å². The molecule has 0 unspecified atom stereocenters. The van der Waals surface area contributed by atoms with Crippen molar-refractivity contribution in [3.63, 3.8) is 0 Å². The van der Waals surface area contributed by atoms with Crippen molar-refractivity contribution in [3.05, 3.63) is 27.2 Å². The number of hydrogen-bond donors (Lipinski definition) is 2. The van der Waals surface area contributed by atoms with Gasteiger partial charge in [-0.2, -0.15) is 0 Å². The zero-order chi connectivity index (χ0) is 9.42. The Morgan fingerprint density at radius 1 is 1.43 bits per heavy atom. The third-order valence-corrected chi connectivity index (χ3v) is 1.85. The van der Waals surface area contributed by atoms with E-state index in [1.807, 2.05) is 6.92 Å². The molecule has 0 saturated heterocycles. The van der Waals surface area contributed by atoms with Gasteiger partial charge >= 0.3 is 57.1 Å². The Labute approximate surface area is 121 Å². The number of aryl methyl sites for hydroxylation is 1. The summed E-state index contributed by atoms with van der Waals surface area (Å²) in [6.45, 7) is 2.57. The zero-order valence-corrected chi connectivity index (χ0v) is 7.00. The van der Waals surface area contributed by atoms with Crippen molar-refractivity contribution in [1.29, 1.82) is 0 Å². The van der Waals surface area contributed by atoms with Crippen molar-refractivity contribution >= 4 is 62.5 Å². The van der Waals surface area contributed by atoms with Gasteiger partial charge in [0.25, 0.3) is 5.56 Å². The van der Waals surface area contributed by atoms with E-state index in [9.17, 15) is 9.59 Å². The number of nitrogens with one attached hydrogen (secondary N) is 2. The standard InChI is InChI=1S/C7H8N4O2.K.H/c1-2-11-3-8-4-5(11)9-7(13)10-6(4)12;;/h3H,2H2,1H3,(H2,9,10,12,13);;. The van der Waals surface area contributed by atoms with Crippen LogP contribution >= 0.6 is 0 Å². The Bertz CT molecular complexity index is 553. The molecule has 0 saturated carbocycles. The number of imidazole rings is 1. The third-order valence-electron chi connectivity index (χ3n) is 1.85. The van der Waals surface area contributed by atoms with Crippen molar-refractivity contribution in [2.24, 2.45) is 0 Å². The van der Waals surface area contributed by atoms with Gasteiger partial charge in [-0.15, -0.1) is 0 Å². The van der Waals surface area contributed by atoms with E-state index in [2.05, 4.69) is 15.0 Å². The van der Waals surface area contributed by atoms with E-state index in [1.165, 1.54) is 6.33 Å². The molecule has 0 amide bonds. The molecule has 2 heterocycles. The molecule has 0 bridgehead atoms. The first-order valence-electron chi connectivity index (χ1n) is 3.90. The van der Waals surface area contributed by atoms with Crippen LogP contribution in [0.2, 0.25) is 0 Å². The van der Waals surface area contributed by atoms with Crippen LogP contribution in [0.25, 0.3) is 11.2 Å². The molecule has 14 heavy (non-hydrogen) atoms. The Morgan fingerprint density at radius 2 is 2.14 bits per heavy atom. The number of aromatic nitrogens is 4. The average Bonchev–Trinajstić information content (AvgIpc) is 2.47. The van der Waals surface area contributed by atoms with Gasteiger partial charge in [-0.3, -0.25) is 14.8 Å². The van der Waals surface area contributed by atoms with Gasteiger partial charge in [0.1, 0.15) is 5.65 Å². The summed E-state index contributed by atoms with van der Waals surface area (Å²) < 4.78 is 1.70. The van der Waals surface area contributed by atoms with Gasteiger partial charge < -0.3 is 4.57 Å². The van der Waals surface area contributed by atoms with Crippen LogP contribution in [0.5, 0.6) is 0 Å². The van der Waals surface area contributed by atoms with E-state index >= 15 is 0 Å². The third kappa shape index (κ3) is 1.91. The summed E-state index contributed by atoms with van der Waals surface area (Å²) in [6, 6.07) is 0. The molecule has 2 N–H and O–H groups in total. The number of rotatable bonds is 1. The Hall–Kier alpha value is -0.214. The van der Waals surface area contributed by atoms with Crippen LogP contribution in [-0.2, 0) is 6.54 Å².